The Morgan fingerprint density at radius 3 is 3.08 bits per heavy atom. The van der Waals surface area contributed by atoms with Crippen LogP contribution in [0.15, 0.2) is 18.2 Å². The van der Waals surface area contributed by atoms with Crippen LogP contribution in [0.5, 0.6) is 0 Å². The first-order chi connectivity index (χ1) is 5.79. The normalized spacial score (nSPS) is 10.8. The molecule has 0 bridgehead atoms. The molecule has 0 unspecified atom stereocenters. The molecule has 0 spiro atoms. The number of rotatable bonds is 1. The van der Waals surface area contributed by atoms with Gasteiger partial charge in [-0.3, -0.25) is 0 Å². The van der Waals surface area contributed by atoms with E-state index < -0.39 is 0 Å². The van der Waals surface area contributed by atoms with Crippen LogP contribution in [0.25, 0.3) is 10.2 Å². The van der Waals surface area contributed by atoms with Crippen molar-refractivity contribution in [1.82, 2.24) is 4.98 Å². The number of aromatic nitrogens is 1. The van der Waals surface area contributed by atoms with E-state index in [9.17, 15) is 0 Å². The molecule has 1 aromatic heterocycles. The molecule has 0 aliphatic heterocycles. The Bertz CT molecular complexity index is 408. The predicted octanol–water partition coefficient (Wildman–Crippen LogP) is 3.46. The highest BCUT2D eigenvalue weighted by Gasteiger charge is 2.01. The molecule has 1 aromatic carbocycles. The van der Waals surface area contributed by atoms with Crippen LogP contribution in [-0.4, -0.2) is 4.98 Å². The maximum Gasteiger partial charge on any atom is 0.0935 e. The summed E-state index contributed by atoms with van der Waals surface area (Å²) < 4.78 is 2.59. The third-order valence-corrected chi connectivity index (χ3v) is 3.53. The van der Waals surface area contributed by atoms with Gasteiger partial charge in [0.1, 0.15) is 0 Å². The van der Waals surface area contributed by atoms with Gasteiger partial charge in [0.15, 0.2) is 0 Å². The van der Waals surface area contributed by atoms with E-state index in [4.69, 9.17) is 0 Å². The van der Waals surface area contributed by atoms with Crippen molar-refractivity contribution >= 4 is 44.1 Å². The van der Waals surface area contributed by atoms with E-state index in [2.05, 4.69) is 52.7 Å². The van der Waals surface area contributed by atoms with Crippen molar-refractivity contribution in [1.29, 1.82) is 0 Å². The lowest BCUT2D eigenvalue weighted by atomic mass is 10.3. The second kappa shape index (κ2) is 3.30. The SMILES string of the molecule is CCc1nc2ccc(I)cc2s1. The summed E-state index contributed by atoms with van der Waals surface area (Å²) in [5.74, 6) is 0. The number of benzene rings is 1. The molecular formula is C9H8INS. The average Bonchev–Trinajstić information content (AvgIpc) is 2.46. The highest BCUT2D eigenvalue weighted by molar-refractivity contribution is 14.1. The quantitative estimate of drug-likeness (QED) is 0.733. The Morgan fingerprint density at radius 2 is 2.33 bits per heavy atom. The highest BCUT2D eigenvalue weighted by atomic mass is 127. The van der Waals surface area contributed by atoms with Crippen LogP contribution in [0.4, 0.5) is 0 Å². The average molecular weight is 289 g/mol. The molecule has 0 saturated carbocycles. The summed E-state index contributed by atoms with van der Waals surface area (Å²) in [4.78, 5) is 4.49. The first kappa shape index (κ1) is 8.44. The van der Waals surface area contributed by atoms with E-state index >= 15 is 0 Å². The summed E-state index contributed by atoms with van der Waals surface area (Å²) in [6.45, 7) is 2.14. The molecule has 0 aliphatic rings. The zero-order valence-corrected chi connectivity index (χ0v) is 9.65. The Labute approximate surface area is 89.0 Å². The van der Waals surface area contributed by atoms with Gasteiger partial charge in [-0.2, -0.15) is 0 Å². The maximum atomic E-state index is 4.49. The monoisotopic (exact) mass is 289 g/mol. The van der Waals surface area contributed by atoms with Gasteiger partial charge in [0.05, 0.1) is 15.2 Å². The summed E-state index contributed by atoms with van der Waals surface area (Å²) in [6.07, 6.45) is 1.04. The molecule has 2 aromatic rings. The number of aryl methyl sites for hydroxylation is 1. The Kier molecular flexibility index (Phi) is 2.32. The van der Waals surface area contributed by atoms with Crippen molar-refractivity contribution in [2.45, 2.75) is 13.3 Å². The van der Waals surface area contributed by atoms with Gasteiger partial charge in [0.25, 0.3) is 0 Å². The molecule has 0 radical (unpaired) electrons. The minimum Gasteiger partial charge on any atom is -0.241 e. The van der Waals surface area contributed by atoms with Crippen molar-refractivity contribution in [3.8, 4) is 0 Å². The standard InChI is InChI=1S/C9H8INS/c1-2-9-11-7-4-3-6(10)5-8(7)12-9/h3-5H,2H2,1H3. The fourth-order valence-corrected chi connectivity index (χ4v) is 2.75. The lowest BCUT2D eigenvalue weighted by molar-refractivity contribution is 1.11. The first-order valence-corrected chi connectivity index (χ1v) is 5.74. The van der Waals surface area contributed by atoms with Gasteiger partial charge < -0.3 is 0 Å². The van der Waals surface area contributed by atoms with Crippen molar-refractivity contribution in [2.75, 3.05) is 0 Å². The lowest BCUT2D eigenvalue weighted by Crippen LogP contribution is -1.74. The number of fused-ring (bicyclic) bond motifs is 1. The fraction of sp³-hybridized carbons (Fsp3) is 0.222. The maximum absolute atomic E-state index is 4.49. The molecule has 0 aliphatic carbocycles. The lowest BCUT2D eigenvalue weighted by Gasteiger charge is -1.87. The Morgan fingerprint density at radius 1 is 1.50 bits per heavy atom. The summed E-state index contributed by atoms with van der Waals surface area (Å²) in [7, 11) is 0. The molecule has 3 heteroatoms. The first-order valence-electron chi connectivity index (χ1n) is 3.84. The third-order valence-electron chi connectivity index (χ3n) is 1.70. The number of hydrogen-bond acceptors (Lipinski definition) is 2. The van der Waals surface area contributed by atoms with E-state index in [1.165, 1.54) is 13.3 Å². The smallest absolute Gasteiger partial charge is 0.0935 e. The van der Waals surface area contributed by atoms with Crippen molar-refractivity contribution < 1.29 is 0 Å². The molecule has 0 amide bonds. The number of thiazole rings is 1. The van der Waals surface area contributed by atoms with Crippen LogP contribution in [0.1, 0.15) is 11.9 Å². The van der Waals surface area contributed by atoms with Gasteiger partial charge in [0, 0.05) is 3.57 Å². The van der Waals surface area contributed by atoms with Gasteiger partial charge >= 0.3 is 0 Å². The van der Waals surface area contributed by atoms with E-state index in [-0.39, 0.29) is 0 Å². The van der Waals surface area contributed by atoms with Crippen LogP contribution in [0.2, 0.25) is 0 Å². The molecular weight excluding hydrogens is 281 g/mol. The van der Waals surface area contributed by atoms with Gasteiger partial charge in [-0.05, 0) is 47.2 Å². The summed E-state index contributed by atoms with van der Waals surface area (Å²) in [5, 5.41) is 1.23. The number of halogens is 1. The van der Waals surface area contributed by atoms with Crippen LogP contribution in [-0.2, 0) is 6.42 Å². The van der Waals surface area contributed by atoms with Crippen LogP contribution < -0.4 is 0 Å². The van der Waals surface area contributed by atoms with E-state index in [0.717, 1.165) is 11.9 Å². The summed E-state index contributed by atoms with van der Waals surface area (Å²) in [6, 6.07) is 6.38. The minimum absolute atomic E-state index is 1.04. The Balaban J connectivity index is 2.67. The zero-order valence-electron chi connectivity index (χ0n) is 6.67. The molecule has 1 heterocycles. The van der Waals surface area contributed by atoms with Crippen molar-refractivity contribution in [2.24, 2.45) is 0 Å². The summed E-state index contributed by atoms with van der Waals surface area (Å²) in [5.41, 5.74) is 1.14. The number of nitrogens with zero attached hydrogens (tertiary/aromatic N) is 1. The summed E-state index contributed by atoms with van der Waals surface area (Å²) >= 11 is 4.12. The second-order valence-corrected chi connectivity index (χ2v) is 4.93. The molecule has 12 heavy (non-hydrogen) atoms. The predicted molar refractivity (Wildman–Crippen MR) is 61.7 cm³/mol. The van der Waals surface area contributed by atoms with Crippen molar-refractivity contribution in [3.63, 3.8) is 0 Å². The van der Waals surface area contributed by atoms with Gasteiger partial charge in [-0.25, -0.2) is 4.98 Å². The molecule has 0 atom stereocenters. The molecule has 0 fully saturated rings. The van der Waals surface area contributed by atoms with E-state index in [1.54, 1.807) is 11.3 Å². The Hall–Kier alpha value is -0.160. The fourth-order valence-electron chi connectivity index (χ4n) is 1.10. The van der Waals surface area contributed by atoms with E-state index in [1.807, 2.05) is 0 Å². The number of hydrogen-bond donors (Lipinski definition) is 0. The van der Waals surface area contributed by atoms with E-state index in [0.29, 0.717) is 0 Å². The second-order valence-electron chi connectivity index (χ2n) is 2.57. The molecule has 0 saturated heterocycles. The minimum atomic E-state index is 1.04. The topological polar surface area (TPSA) is 12.9 Å². The molecule has 0 N–H and O–H groups in total. The van der Waals surface area contributed by atoms with Gasteiger partial charge in [-0.1, -0.05) is 6.92 Å². The molecule has 2 rings (SSSR count). The largest absolute Gasteiger partial charge is 0.241 e. The van der Waals surface area contributed by atoms with Crippen LogP contribution in [0, 0.1) is 3.57 Å². The van der Waals surface area contributed by atoms with Crippen molar-refractivity contribution in [3.05, 3.63) is 26.8 Å². The van der Waals surface area contributed by atoms with Gasteiger partial charge in [0.2, 0.25) is 0 Å². The van der Waals surface area contributed by atoms with Gasteiger partial charge in [-0.15, -0.1) is 11.3 Å². The highest BCUT2D eigenvalue weighted by Crippen LogP contribution is 2.23. The molecule has 62 valence electrons. The zero-order chi connectivity index (χ0) is 8.55. The molecule has 1 nitrogen and oxygen atoms in total. The van der Waals surface area contributed by atoms with Crippen LogP contribution in [0.3, 0.4) is 0 Å². The van der Waals surface area contributed by atoms with Crippen LogP contribution >= 0.6 is 33.9 Å². The third kappa shape index (κ3) is 1.47.